The van der Waals surface area contributed by atoms with E-state index >= 15 is 0 Å². The predicted octanol–water partition coefficient (Wildman–Crippen LogP) is 3.62. The number of nitrogens with zero attached hydrogens (tertiary/aromatic N) is 2. The summed E-state index contributed by atoms with van der Waals surface area (Å²) in [5.41, 5.74) is 2.09. The van der Waals surface area contributed by atoms with Crippen molar-refractivity contribution in [2.45, 2.75) is 44.4 Å². The Kier molecular flexibility index (Phi) is 8.11. The van der Waals surface area contributed by atoms with Crippen molar-refractivity contribution in [3.63, 3.8) is 0 Å². The maximum Gasteiger partial charge on any atom is 0.247 e. The van der Waals surface area contributed by atoms with Crippen LogP contribution in [0.1, 0.15) is 31.9 Å². The normalized spacial score (nSPS) is 22.2. The monoisotopic (exact) mass is 458 g/mol. The summed E-state index contributed by atoms with van der Waals surface area (Å²) in [6.45, 7) is 7.12. The van der Waals surface area contributed by atoms with Crippen molar-refractivity contribution < 1.29 is 18.3 Å². The molecule has 1 aliphatic heterocycles. The van der Waals surface area contributed by atoms with E-state index in [1.165, 1.54) is 9.87 Å². The highest BCUT2D eigenvalue weighted by molar-refractivity contribution is 7.89. The van der Waals surface area contributed by atoms with Crippen molar-refractivity contribution in [3.8, 4) is 5.75 Å². The maximum absolute atomic E-state index is 13.5. The van der Waals surface area contributed by atoms with Crippen molar-refractivity contribution >= 4 is 16.1 Å². The van der Waals surface area contributed by atoms with Gasteiger partial charge in [0.05, 0.1) is 6.61 Å². The Morgan fingerprint density at radius 1 is 1.25 bits per heavy atom. The van der Waals surface area contributed by atoms with Gasteiger partial charge in [-0.2, -0.15) is 4.31 Å². The van der Waals surface area contributed by atoms with Crippen molar-refractivity contribution in [2.24, 2.45) is 5.92 Å². The number of allylic oxidation sites excluding steroid dienone is 1. The third kappa shape index (κ3) is 5.59. The van der Waals surface area contributed by atoms with E-state index in [0.29, 0.717) is 12.3 Å². The lowest BCUT2D eigenvalue weighted by atomic mass is 10.0. The van der Waals surface area contributed by atoms with Gasteiger partial charge in [-0.1, -0.05) is 55.5 Å². The molecule has 2 aromatic carbocycles. The van der Waals surface area contributed by atoms with Crippen LogP contribution in [0.3, 0.4) is 0 Å². The summed E-state index contributed by atoms with van der Waals surface area (Å²) in [5, 5.41) is 9.75. The number of rotatable bonds is 7. The van der Waals surface area contributed by atoms with Crippen LogP contribution in [0, 0.1) is 5.92 Å². The highest BCUT2D eigenvalue weighted by atomic mass is 32.2. The number of aliphatic hydroxyl groups is 1. The highest BCUT2D eigenvalue weighted by Gasteiger charge is 2.38. The minimum absolute atomic E-state index is 0.0736. The van der Waals surface area contributed by atoms with Crippen LogP contribution in [0.5, 0.6) is 5.75 Å². The second-order valence-electron chi connectivity index (χ2n) is 8.63. The topological polar surface area (TPSA) is 70.1 Å². The lowest BCUT2D eigenvalue weighted by Gasteiger charge is -2.37. The summed E-state index contributed by atoms with van der Waals surface area (Å²) in [4.78, 5) is 2.34. The zero-order valence-electron chi connectivity index (χ0n) is 19.3. The molecule has 0 bridgehead atoms. The Bertz CT molecular complexity index is 1020. The summed E-state index contributed by atoms with van der Waals surface area (Å²) in [5.74, 6) is 0.288. The predicted molar refractivity (Wildman–Crippen MR) is 128 cm³/mol. The van der Waals surface area contributed by atoms with Gasteiger partial charge in [0.25, 0.3) is 0 Å². The van der Waals surface area contributed by atoms with Crippen LogP contribution in [0.15, 0.2) is 59.5 Å². The van der Waals surface area contributed by atoms with E-state index in [1.54, 1.807) is 25.1 Å². The average molecular weight is 459 g/mol. The number of ether oxygens (including phenoxy) is 1. The van der Waals surface area contributed by atoms with Gasteiger partial charge < -0.3 is 9.84 Å². The number of aliphatic hydroxyl groups excluding tert-OH is 1. The molecule has 174 valence electrons. The number of benzene rings is 2. The average Bonchev–Trinajstić information content (AvgIpc) is 2.76. The second kappa shape index (κ2) is 10.6. The zero-order valence-corrected chi connectivity index (χ0v) is 20.1. The van der Waals surface area contributed by atoms with Gasteiger partial charge in [-0.3, -0.25) is 4.90 Å². The van der Waals surface area contributed by atoms with Crippen LogP contribution in [-0.4, -0.2) is 61.6 Å². The van der Waals surface area contributed by atoms with Crippen LogP contribution < -0.4 is 4.74 Å². The molecule has 2 aromatic rings. The second-order valence-corrected chi connectivity index (χ2v) is 10.5. The van der Waals surface area contributed by atoms with Gasteiger partial charge in [-0.05, 0) is 44.2 Å². The third-order valence-electron chi connectivity index (χ3n) is 5.84. The molecule has 0 aliphatic carbocycles. The summed E-state index contributed by atoms with van der Waals surface area (Å²) in [6, 6.07) is 14.9. The molecule has 7 heteroatoms. The maximum atomic E-state index is 13.5. The zero-order chi connectivity index (χ0) is 23.3. The molecule has 6 nitrogen and oxygen atoms in total. The van der Waals surface area contributed by atoms with Gasteiger partial charge >= 0.3 is 0 Å². The quantitative estimate of drug-likeness (QED) is 0.686. The summed E-state index contributed by atoms with van der Waals surface area (Å²) >= 11 is 0. The third-order valence-corrected chi connectivity index (χ3v) is 7.86. The molecular formula is C25H34N2O4S. The van der Waals surface area contributed by atoms with E-state index in [-0.39, 0.29) is 30.1 Å². The van der Waals surface area contributed by atoms with Crippen molar-refractivity contribution in [2.75, 3.05) is 26.7 Å². The van der Waals surface area contributed by atoms with Crippen molar-refractivity contribution in [1.29, 1.82) is 0 Å². The Balaban J connectivity index is 1.97. The van der Waals surface area contributed by atoms with Gasteiger partial charge in [0, 0.05) is 31.6 Å². The molecule has 0 amide bonds. The summed E-state index contributed by atoms with van der Waals surface area (Å²) < 4.78 is 34.8. The molecule has 1 heterocycles. The number of sulfonamides is 1. The fraction of sp³-hybridized carbons (Fsp3) is 0.440. The van der Waals surface area contributed by atoms with Crippen LogP contribution in [0.25, 0.3) is 6.08 Å². The number of fused-ring (bicyclic) bond motifs is 1. The molecule has 0 saturated carbocycles. The largest absolute Gasteiger partial charge is 0.487 e. The molecule has 32 heavy (non-hydrogen) atoms. The molecule has 3 rings (SSSR count). The number of hydrogen-bond donors (Lipinski definition) is 1. The molecular weight excluding hydrogens is 424 g/mol. The van der Waals surface area contributed by atoms with Crippen LogP contribution >= 0.6 is 0 Å². The smallest absolute Gasteiger partial charge is 0.247 e. The minimum Gasteiger partial charge on any atom is -0.487 e. The van der Waals surface area contributed by atoms with E-state index in [2.05, 4.69) is 17.0 Å². The van der Waals surface area contributed by atoms with E-state index in [0.717, 1.165) is 12.1 Å². The molecule has 0 fully saturated rings. The standard InChI is InChI=1S/C25H34N2O4S/c1-5-9-21-12-13-25-23(14-21)31-24(17-26(4)16-22-10-7-6-8-11-22)19(2)15-27(20(3)18-28)32(25,29)30/h5-14,19-20,24,28H,15-18H2,1-4H3/b9-5+/t19-,20-,24-/m1/s1. The lowest BCUT2D eigenvalue weighted by Crippen LogP contribution is -2.49. The summed E-state index contributed by atoms with van der Waals surface area (Å²) in [7, 11) is -1.76. The number of hydrogen-bond acceptors (Lipinski definition) is 5. The van der Waals surface area contributed by atoms with Gasteiger partial charge in [0.2, 0.25) is 10.0 Å². The summed E-state index contributed by atoms with van der Waals surface area (Å²) in [6.07, 6.45) is 3.61. The van der Waals surface area contributed by atoms with Crippen LogP contribution in [0.4, 0.5) is 0 Å². The molecule has 0 aromatic heterocycles. The van der Waals surface area contributed by atoms with E-state index in [9.17, 15) is 13.5 Å². The molecule has 0 spiro atoms. The molecule has 0 unspecified atom stereocenters. The van der Waals surface area contributed by atoms with Gasteiger partial charge in [-0.25, -0.2) is 8.42 Å². The van der Waals surface area contributed by atoms with Gasteiger partial charge in [0.15, 0.2) is 0 Å². The highest BCUT2D eigenvalue weighted by Crippen LogP contribution is 2.34. The minimum atomic E-state index is -3.81. The molecule has 1 N–H and O–H groups in total. The van der Waals surface area contributed by atoms with E-state index in [4.69, 9.17) is 4.74 Å². The fourth-order valence-corrected chi connectivity index (χ4v) is 5.85. The van der Waals surface area contributed by atoms with Gasteiger partial charge in [-0.15, -0.1) is 0 Å². The molecule has 0 saturated heterocycles. The van der Waals surface area contributed by atoms with Crippen LogP contribution in [-0.2, 0) is 16.6 Å². The first-order valence-corrected chi connectivity index (χ1v) is 12.5. The first kappa shape index (κ1) is 24.5. The Morgan fingerprint density at radius 2 is 1.97 bits per heavy atom. The molecule has 1 aliphatic rings. The molecule has 0 radical (unpaired) electrons. The van der Waals surface area contributed by atoms with Crippen molar-refractivity contribution in [3.05, 3.63) is 65.7 Å². The molecule has 3 atom stereocenters. The number of likely N-dealkylation sites (N-methyl/N-ethyl adjacent to an activating group) is 1. The fourth-order valence-electron chi connectivity index (χ4n) is 4.02. The first-order valence-electron chi connectivity index (χ1n) is 11.0. The Labute approximate surface area is 192 Å². The van der Waals surface area contributed by atoms with E-state index in [1.807, 2.05) is 51.2 Å². The SMILES string of the molecule is C/C=C/c1ccc2c(c1)O[C@H](CN(C)Cc1ccccc1)[C@H](C)CN([C@H](C)CO)S2(=O)=O. The lowest BCUT2D eigenvalue weighted by molar-refractivity contribution is 0.0733. The van der Waals surface area contributed by atoms with Gasteiger partial charge in [0.1, 0.15) is 16.7 Å². The van der Waals surface area contributed by atoms with E-state index < -0.39 is 16.1 Å². The Hall–Kier alpha value is -2.19. The van der Waals surface area contributed by atoms with Crippen LogP contribution in [0.2, 0.25) is 0 Å². The Morgan fingerprint density at radius 3 is 2.62 bits per heavy atom. The first-order chi connectivity index (χ1) is 15.3. The van der Waals surface area contributed by atoms with Crippen molar-refractivity contribution in [1.82, 2.24) is 9.21 Å².